The van der Waals surface area contributed by atoms with Crippen molar-refractivity contribution in [3.63, 3.8) is 0 Å². The number of phenolic OH excluding ortho intramolecular Hbond substituents is 1. The van der Waals surface area contributed by atoms with E-state index in [1.54, 1.807) is 12.1 Å². The monoisotopic (exact) mass is 425 g/mol. The number of aliphatic hydroxyl groups excluding tert-OH is 1. The molecule has 2 aliphatic heterocycles. The average Bonchev–Trinajstić information content (AvgIpc) is 2.80. The van der Waals surface area contributed by atoms with E-state index in [-0.39, 0.29) is 0 Å². The lowest BCUT2D eigenvalue weighted by molar-refractivity contribution is 0.0617. The van der Waals surface area contributed by atoms with Gasteiger partial charge in [-0.25, -0.2) is 0 Å². The van der Waals surface area contributed by atoms with Crippen LogP contribution < -0.4 is 9.64 Å². The van der Waals surface area contributed by atoms with Gasteiger partial charge in [-0.2, -0.15) is 0 Å². The number of piperazine rings is 1. The van der Waals surface area contributed by atoms with Crippen LogP contribution in [-0.4, -0.2) is 78.5 Å². The second-order valence-electron chi connectivity index (χ2n) is 8.75. The fourth-order valence-corrected chi connectivity index (χ4v) is 4.46. The summed E-state index contributed by atoms with van der Waals surface area (Å²) in [4.78, 5) is 7.17. The highest BCUT2D eigenvalue weighted by Gasteiger charge is 2.18. The molecule has 0 saturated carbocycles. The molecule has 0 amide bonds. The third-order valence-corrected chi connectivity index (χ3v) is 6.28. The van der Waals surface area contributed by atoms with Gasteiger partial charge in [-0.1, -0.05) is 18.6 Å². The molecule has 168 valence electrons. The maximum atomic E-state index is 10.3. The molecule has 6 heteroatoms. The Balaban J connectivity index is 1.18. The molecule has 0 bridgehead atoms. The van der Waals surface area contributed by atoms with E-state index in [1.165, 1.54) is 30.5 Å². The first-order chi connectivity index (χ1) is 15.2. The molecule has 2 heterocycles. The van der Waals surface area contributed by atoms with Crippen molar-refractivity contribution in [2.75, 3.05) is 57.3 Å². The largest absolute Gasteiger partial charge is 0.508 e. The normalized spacial score (nSPS) is 19.3. The maximum absolute atomic E-state index is 10.3. The Morgan fingerprint density at radius 2 is 1.45 bits per heavy atom. The number of nitrogens with zero attached hydrogens (tertiary/aromatic N) is 3. The molecule has 6 nitrogen and oxygen atoms in total. The standard InChI is InChI=1S/C25H35N3O3/c29-23-8-6-22(7-9-23)28-16-14-27(15-17-28)18-21-4-10-25(11-5-21)31-20-24(30)19-26-12-2-1-3-13-26/h4-11,24,29-30H,1-3,12-20H2/t24-/m0/s1. The van der Waals surface area contributed by atoms with Crippen LogP contribution in [0.4, 0.5) is 5.69 Å². The summed E-state index contributed by atoms with van der Waals surface area (Å²) in [6, 6.07) is 15.7. The van der Waals surface area contributed by atoms with Crippen LogP contribution in [0.1, 0.15) is 24.8 Å². The number of aliphatic hydroxyl groups is 1. The average molecular weight is 426 g/mol. The molecule has 2 fully saturated rings. The Bertz CT molecular complexity index is 783. The van der Waals surface area contributed by atoms with Gasteiger partial charge in [0.2, 0.25) is 0 Å². The van der Waals surface area contributed by atoms with Gasteiger partial charge in [-0.05, 0) is 67.9 Å². The predicted molar refractivity (Wildman–Crippen MR) is 124 cm³/mol. The first-order valence-corrected chi connectivity index (χ1v) is 11.5. The number of anilines is 1. The van der Waals surface area contributed by atoms with E-state index in [9.17, 15) is 10.2 Å². The highest BCUT2D eigenvalue weighted by Crippen LogP contribution is 2.21. The zero-order valence-corrected chi connectivity index (χ0v) is 18.3. The second kappa shape index (κ2) is 10.8. The summed E-state index contributed by atoms with van der Waals surface area (Å²) < 4.78 is 5.81. The van der Waals surface area contributed by atoms with Gasteiger partial charge in [0.1, 0.15) is 24.2 Å². The third-order valence-electron chi connectivity index (χ3n) is 6.28. The molecule has 2 aromatic carbocycles. The number of piperidine rings is 1. The number of ether oxygens (including phenoxy) is 1. The summed E-state index contributed by atoms with van der Waals surface area (Å²) in [5.74, 6) is 1.13. The molecule has 0 unspecified atom stereocenters. The quantitative estimate of drug-likeness (QED) is 0.678. The van der Waals surface area contributed by atoms with Crippen molar-refractivity contribution >= 4 is 5.69 Å². The van der Waals surface area contributed by atoms with Gasteiger partial charge in [0, 0.05) is 45.0 Å². The summed E-state index contributed by atoms with van der Waals surface area (Å²) in [5.41, 5.74) is 2.45. The zero-order valence-electron chi connectivity index (χ0n) is 18.3. The minimum absolute atomic E-state index is 0.311. The van der Waals surface area contributed by atoms with Gasteiger partial charge in [0.25, 0.3) is 0 Å². The lowest BCUT2D eigenvalue weighted by Gasteiger charge is -2.36. The van der Waals surface area contributed by atoms with Crippen molar-refractivity contribution in [2.45, 2.75) is 31.9 Å². The molecule has 0 radical (unpaired) electrons. The minimum Gasteiger partial charge on any atom is -0.508 e. The summed E-state index contributed by atoms with van der Waals surface area (Å²) >= 11 is 0. The summed E-state index contributed by atoms with van der Waals surface area (Å²) in [7, 11) is 0. The van der Waals surface area contributed by atoms with Crippen molar-refractivity contribution < 1.29 is 14.9 Å². The van der Waals surface area contributed by atoms with Crippen molar-refractivity contribution in [1.29, 1.82) is 0 Å². The van der Waals surface area contributed by atoms with Gasteiger partial charge in [0.15, 0.2) is 0 Å². The molecule has 2 aromatic rings. The van der Waals surface area contributed by atoms with Gasteiger partial charge < -0.3 is 24.7 Å². The van der Waals surface area contributed by atoms with Crippen molar-refractivity contribution in [3.8, 4) is 11.5 Å². The Morgan fingerprint density at radius 3 is 2.13 bits per heavy atom. The van der Waals surface area contributed by atoms with E-state index >= 15 is 0 Å². The highest BCUT2D eigenvalue weighted by atomic mass is 16.5. The van der Waals surface area contributed by atoms with E-state index in [0.29, 0.717) is 18.9 Å². The van der Waals surface area contributed by atoms with Crippen LogP contribution in [0.15, 0.2) is 48.5 Å². The van der Waals surface area contributed by atoms with Gasteiger partial charge in [-0.15, -0.1) is 0 Å². The molecule has 0 spiro atoms. The maximum Gasteiger partial charge on any atom is 0.119 e. The van der Waals surface area contributed by atoms with E-state index in [2.05, 4.69) is 26.8 Å². The molecule has 4 rings (SSSR count). The fourth-order valence-electron chi connectivity index (χ4n) is 4.46. The molecule has 1 atom stereocenters. The SMILES string of the molecule is Oc1ccc(N2CCN(Cc3ccc(OC[C@@H](O)CN4CCCCC4)cc3)CC2)cc1. The van der Waals surface area contributed by atoms with Gasteiger partial charge >= 0.3 is 0 Å². The van der Waals surface area contributed by atoms with E-state index in [4.69, 9.17) is 4.74 Å². The number of aromatic hydroxyl groups is 1. The van der Waals surface area contributed by atoms with E-state index in [0.717, 1.165) is 51.6 Å². The predicted octanol–water partition coefficient (Wildman–Crippen LogP) is 2.94. The molecule has 2 saturated heterocycles. The molecular formula is C25H35N3O3. The Morgan fingerprint density at radius 1 is 0.774 bits per heavy atom. The van der Waals surface area contributed by atoms with E-state index in [1.807, 2.05) is 24.3 Å². The van der Waals surface area contributed by atoms with Crippen LogP contribution in [0.5, 0.6) is 11.5 Å². The van der Waals surface area contributed by atoms with Crippen LogP contribution in [0.3, 0.4) is 0 Å². The van der Waals surface area contributed by atoms with Crippen molar-refractivity contribution in [1.82, 2.24) is 9.80 Å². The fraction of sp³-hybridized carbons (Fsp3) is 0.520. The topological polar surface area (TPSA) is 59.4 Å². The number of benzene rings is 2. The first-order valence-electron chi connectivity index (χ1n) is 11.5. The van der Waals surface area contributed by atoms with E-state index < -0.39 is 6.10 Å². The number of phenols is 1. The molecule has 2 N–H and O–H groups in total. The first kappa shape index (κ1) is 21.9. The summed E-state index contributed by atoms with van der Waals surface area (Å²) in [6.07, 6.45) is 3.34. The number of hydrogen-bond donors (Lipinski definition) is 2. The van der Waals surface area contributed by atoms with Crippen molar-refractivity contribution in [3.05, 3.63) is 54.1 Å². The molecular weight excluding hydrogens is 390 g/mol. The second-order valence-corrected chi connectivity index (χ2v) is 8.75. The smallest absolute Gasteiger partial charge is 0.119 e. The van der Waals surface area contributed by atoms with Crippen LogP contribution >= 0.6 is 0 Å². The van der Waals surface area contributed by atoms with Crippen molar-refractivity contribution in [2.24, 2.45) is 0 Å². The number of hydrogen-bond acceptors (Lipinski definition) is 6. The van der Waals surface area contributed by atoms with Crippen LogP contribution in [-0.2, 0) is 6.54 Å². The Kier molecular flexibility index (Phi) is 7.67. The lowest BCUT2D eigenvalue weighted by atomic mass is 10.1. The highest BCUT2D eigenvalue weighted by molar-refractivity contribution is 5.49. The number of β-amino-alcohol motifs (C(OH)–C–C–N with tert-alkyl or cyclic N) is 1. The Hall–Kier alpha value is -2.28. The molecule has 0 aliphatic carbocycles. The molecule has 2 aliphatic rings. The number of rotatable bonds is 8. The van der Waals surface area contributed by atoms with Gasteiger partial charge in [-0.3, -0.25) is 4.90 Å². The molecule has 31 heavy (non-hydrogen) atoms. The van der Waals surface area contributed by atoms with Crippen LogP contribution in [0.2, 0.25) is 0 Å². The third kappa shape index (κ3) is 6.60. The Labute approximate surface area is 185 Å². The van der Waals surface area contributed by atoms with Gasteiger partial charge in [0.05, 0.1) is 0 Å². The minimum atomic E-state index is -0.442. The summed E-state index contributed by atoms with van der Waals surface area (Å²) in [5, 5.41) is 19.7. The van der Waals surface area contributed by atoms with Crippen LogP contribution in [0, 0.1) is 0 Å². The van der Waals surface area contributed by atoms with Crippen LogP contribution in [0.25, 0.3) is 0 Å². The molecule has 0 aromatic heterocycles. The lowest BCUT2D eigenvalue weighted by Crippen LogP contribution is -2.45. The zero-order chi connectivity index (χ0) is 21.5. The summed E-state index contributed by atoms with van der Waals surface area (Å²) in [6.45, 7) is 8.17. The number of likely N-dealkylation sites (tertiary alicyclic amines) is 1.